The zero-order valence-electron chi connectivity index (χ0n) is 7.58. The average molecular weight is 176 g/mol. The van der Waals surface area contributed by atoms with Crippen LogP contribution in [-0.2, 0) is 11.2 Å². The van der Waals surface area contributed by atoms with Crippen LogP contribution in [0.4, 0.5) is 11.4 Å². The van der Waals surface area contributed by atoms with E-state index in [1.807, 2.05) is 18.2 Å². The first-order valence-corrected chi connectivity index (χ1v) is 4.35. The van der Waals surface area contributed by atoms with Crippen LogP contribution >= 0.6 is 0 Å². The molecule has 0 aromatic heterocycles. The highest BCUT2D eigenvalue weighted by Gasteiger charge is 2.14. The predicted molar refractivity (Wildman–Crippen MR) is 53.1 cm³/mol. The molecular formula is C10H12N2O. The number of hydrogen-bond donors (Lipinski definition) is 1. The molecular weight excluding hydrogens is 164 g/mol. The van der Waals surface area contributed by atoms with Crippen LogP contribution in [0.15, 0.2) is 18.2 Å². The van der Waals surface area contributed by atoms with E-state index in [9.17, 15) is 4.79 Å². The van der Waals surface area contributed by atoms with Crippen LogP contribution in [0.1, 0.15) is 5.56 Å². The summed E-state index contributed by atoms with van der Waals surface area (Å²) in [6.45, 7) is 1.07. The molecule has 13 heavy (non-hydrogen) atoms. The van der Waals surface area contributed by atoms with Crippen LogP contribution in [0.2, 0.25) is 0 Å². The third-order valence-corrected chi connectivity index (χ3v) is 2.43. The van der Waals surface area contributed by atoms with Crippen molar-refractivity contribution in [3.63, 3.8) is 0 Å². The predicted octanol–water partition coefficient (Wildman–Crippen LogP) is 1.25. The molecule has 0 aliphatic carbocycles. The van der Waals surface area contributed by atoms with Gasteiger partial charge in [0.15, 0.2) is 0 Å². The van der Waals surface area contributed by atoms with Crippen molar-refractivity contribution in [1.82, 2.24) is 0 Å². The van der Waals surface area contributed by atoms with Crippen LogP contribution < -0.4 is 10.2 Å². The summed E-state index contributed by atoms with van der Waals surface area (Å²) in [7, 11) is 2.08. The molecule has 1 amide bonds. The summed E-state index contributed by atoms with van der Waals surface area (Å²) in [6, 6.07) is 6.01. The van der Waals surface area contributed by atoms with Crippen molar-refractivity contribution in [2.75, 3.05) is 23.8 Å². The Morgan fingerprint density at radius 1 is 1.54 bits per heavy atom. The van der Waals surface area contributed by atoms with Gasteiger partial charge in [-0.05, 0) is 30.2 Å². The van der Waals surface area contributed by atoms with Gasteiger partial charge in [-0.15, -0.1) is 0 Å². The largest absolute Gasteiger partial charge is 0.374 e. The molecule has 0 atom stereocenters. The van der Waals surface area contributed by atoms with Gasteiger partial charge in [-0.25, -0.2) is 0 Å². The van der Waals surface area contributed by atoms with Crippen LogP contribution in [0.25, 0.3) is 0 Å². The van der Waals surface area contributed by atoms with Gasteiger partial charge in [-0.3, -0.25) is 4.79 Å². The summed E-state index contributed by atoms with van der Waals surface area (Å²) < 4.78 is 0. The van der Waals surface area contributed by atoms with E-state index in [1.54, 1.807) is 0 Å². The van der Waals surface area contributed by atoms with Crippen molar-refractivity contribution in [2.45, 2.75) is 6.42 Å². The summed E-state index contributed by atoms with van der Waals surface area (Å²) in [6.07, 6.45) is 1.78. The number of nitrogens with one attached hydrogen (secondary N) is 1. The molecule has 0 fully saturated rings. The molecule has 68 valence electrons. The van der Waals surface area contributed by atoms with Gasteiger partial charge in [0, 0.05) is 25.0 Å². The second-order valence-corrected chi connectivity index (χ2v) is 3.28. The van der Waals surface area contributed by atoms with Crippen molar-refractivity contribution in [3.05, 3.63) is 23.8 Å². The first kappa shape index (κ1) is 8.10. The van der Waals surface area contributed by atoms with E-state index in [4.69, 9.17) is 0 Å². The quantitative estimate of drug-likeness (QED) is 0.688. The van der Waals surface area contributed by atoms with Gasteiger partial charge in [0.2, 0.25) is 6.41 Å². The van der Waals surface area contributed by atoms with Crippen LogP contribution in [0, 0.1) is 0 Å². The molecule has 1 heterocycles. The van der Waals surface area contributed by atoms with E-state index < -0.39 is 0 Å². The van der Waals surface area contributed by atoms with E-state index in [0.29, 0.717) is 6.41 Å². The van der Waals surface area contributed by atoms with Crippen molar-refractivity contribution in [3.8, 4) is 0 Å². The molecule has 1 aliphatic heterocycles. The highest BCUT2D eigenvalue weighted by molar-refractivity contribution is 5.74. The molecule has 1 aliphatic rings. The molecule has 0 saturated carbocycles. The maximum Gasteiger partial charge on any atom is 0.211 e. The maximum absolute atomic E-state index is 10.2. The number of amides is 1. The fourth-order valence-corrected chi connectivity index (χ4v) is 1.72. The van der Waals surface area contributed by atoms with Gasteiger partial charge in [-0.1, -0.05) is 0 Å². The molecule has 1 aromatic carbocycles. The minimum Gasteiger partial charge on any atom is -0.374 e. The fraction of sp³-hybridized carbons (Fsp3) is 0.300. The van der Waals surface area contributed by atoms with Gasteiger partial charge in [0.25, 0.3) is 0 Å². The molecule has 3 heteroatoms. The zero-order valence-corrected chi connectivity index (χ0v) is 7.58. The van der Waals surface area contributed by atoms with Gasteiger partial charge in [0.05, 0.1) is 0 Å². The number of carbonyl (C=O) groups is 1. The Morgan fingerprint density at radius 2 is 2.38 bits per heavy atom. The van der Waals surface area contributed by atoms with Gasteiger partial charge in [0.1, 0.15) is 0 Å². The Balaban J connectivity index is 2.33. The molecule has 0 spiro atoms. The lowest BCUT2D eigenvalue weighted by Gasteiger charge is -2.11. The van der Waals surface area contributed by atoms with Crippen LogP contribution in [0.5, 0.6) is 0 Å². The summed E-state index contributed by atoms with van der Waals surface area (Å²) in [5.41, 5.74) is 3.47. The second kappa shape index (κ2) is 3.09. The minimum absolute atomic E-state index is 0.709. The Bertz CT molecular complexity index is 336. The molecule has 0 saturated heterocycles. The molecule has 1 N–H and O–H groups in total. The molecule has 1 aromatic rings. The summed E-state index contributed by atoms with van der Waals surface area (Å²) in [5, 5.41) is 2.65. The van der Waals surface area contributed by atoms with E-state index in [-0.39, 0.29) is 0 Å². The average Bonchev–Trinajstić information content (AvgIpc) is 2.48. The lowest BCUT2D eigenvalue weighted by Crippen LogP contribution is -2.12. The smallest absolute Gasteiger partial charge is 0.211 e. The first-order valence-electron chi connectivity index (χ1n) is 4.35. The topological polar surface area (TPSA) is 32.3 Å². The number of fused-ring (bicyclic) bond motifs is 1. The van der Waals surface area contributed by atoms with Crippen molar-refractivity contribution >= 4 is 17.8 Å². The minimum atomic E-state index is 0.709. The molecule has 0 bridgehead atoms. The highest BCUT2D eigenvalue weighted by Crippen LogP contribution is 2.28. The number of likely N-dealkylation sites (N-methyl/N-ethyl adjacent to an activating group) is 1. The number of benzene rings is 1. The van der Waals surface area contributed by atoms with E-state index in [0.717, 1.165) is 18.7 Å². The lowest BCUT2D eigenvalue weighted by molar-refractivity contribution is -0.105. The Labute approximate surface area is 77.4 Å². The summed E-state index contributed by atoms with van der Waals surface area (Å²) >= 11 is 0. The van der Waals surface area contributed by atoms with E-state index >= 15 is 0 Å². The fourth-order valence-electron chi connectivity index (χ4n) is 1.72. The lowest BCUT2D eigenvalue weighted by atomic mass is 10.1. The van der Waals surface area contributed by atoms with Crippen molar-refractivity contribution in [1.29, 1.82) is 0 Å². The van der Waals surface area contributed by atoms with Gasteiger partial charge >= 0.3 is 0 Å². The molecule has 2 rings (SSSR count). The highest BCUT2D eigenvalue weighted by atomic mass is 16.1. The Kier molecular flexibility index (Phi) is 1.93. The first-order chi connectivity index (χ1) is 6.31. The normalized spacial score (nSPS) is 14.1. The van der Waals surface area contributed by atoms with E-state index in [1.165, 1.54) is 11.3 Å². The van der Waals surface area contributed by atoms with Gasteiger partial charge in [-0.2, -0.15) is 0 Å². The number of nitrogens with zero attached hydrogens (tertiary/aromatic N) is 1. The summed E-state index contributed by atoms with van der Waals surface area (Å²) in [5.74, 6) is 0. The maximum atomic E-state index is 10.2. The zero-order chi connectivity index (χ0) is 9.26. The number of rotatable bonds is 2. The Hall–Kier alpha value is -1.51. The molecule has 3 nitrogen and oxygen atoms in total. The third-order valence-electron chi connectivity index (χ3n) is 2.43. The summed E-state index contributed by atoms with van der Waals surface area (Å²) in [4.78, 5) is 12.4. The second-order valence-electron chi connectivity index (χ2n) is 3.28. The van der Waals surface area contributed by atoms with Crippen LogP contribution in [-0.4, -0.2) is 20.0 Å². The number of carbonyl (C=O) groups excluding carboxylic acids is 1. The number of hydrogen-bond acceptors (Lipinski definition) is 2. The molecule has 0 unspecified atom stereocenters. The van der Waals surface area contributed by atoms with Crippen molar-refractivity contribution in [2.24, 2.45) is 0 Å². The Morgan fingerprint density at radius 3 is 3.15 bits per heavy atom. The standard InChI is InChI=1S/C10H12N2O/c1-12-5-4-8-6-9(11-7-13)2-3-10(8)12/h2-3,6-7H,4-5H2,1H3,(H,11,13). The van der Waals surface area contributed by atoms with Crippen LogP contribution in [0.3, 0.4) is 0 Å². The SMILES string of the molecule is CN1CCc2cc(NC=O)ccc21. The van der Waals surface area contributed by atoms with Gasteiger partial charge < -0.3 is 10.2 Å². The monoisotopic (exact) mass is 176 g/mol. The van der Waals surface area contributed by atoms with Crippen molar-refractivity contribution < 1.29 is 4.79 Å². The number of anilines is 2. The third kappa shape index (κ3) is 1.37. The molecule has 0 radical (unpaired) electrons. The van der Waals surface area contributed by atoms with E-state index in [2.05, 4.69) is 17.3 Å².